The first kappa shape index (κ1) is 57.3. The minimum atomic E-state index is -1.07. The average Bonchev–Trinajstić information content (AvgIpc) is 3.23. The number of aliphatic hydroxyl groups excluding tert-OH is 3. The molecule has 0 heterocycles. The van der Waals surface area contributed by atoms with Gasteiger partial charge >= 0.3 is 0 Å². The van der Waals surface area contributed by atoms with Crippen LogP contribution in [0.5, 0.6) is 0 Å². The van der Waals surface area contributed by atoms with Crippen molar-refractivity contribution in [2.45, 2.75) is 327 Å². The predicted molar refractivity (Wildman–Crippen MR) is 255 cm³/mol. The molecule has 0 aromatic heterocycles. The van der Waals surface area contributed by atoms with Gasteiger partial charge in [0.25, 0.3) is 0 Å². The van der Waals surface area contributed by atoms with E-state index in [-0.39, 0.29) is 6.61 Å². The van der Waals surface area contributed by atoms with Crippen LogP contribution in [0, 0.1) is 0 Å². The molecule has 0 aromatic rings. The molecule has 1 amide bonds. The normalized spacial score (nSPS) is 13.3. The van der Waals surface area contributed by atoms with Crippen LogP contribution in [0.25, 0.3) is 0 Å². The predicted octanol–water partition coefficient (Wildman–Crippen LogP) is 16.2. The Morgan fingerprint density at radius 3 is 0.776 bits per heavy atom. The first-order chi connectivity index (χ1) is 28.6. The molecule has 0 aliphatic rings. The van der Waals surface area contributed by atoms with Gasteiger partial charge in [-0.3, -0.25) is 4.79 Å². The maximum Gasteiger partial charge on any atom is 0.249 e. The molecule has 0 fully saturated rings. The Bertz CT molecular complexity index is 777. The van der Waals surface area contributed by atoms with Gasteiger partial charge in [-0.1, -0.05) is 296 Å². The summed E-state index contributed by atoms with van der Waals surface area (Å²) in [5.74, 6) is -0.463. The van der Waals surface area contributed by atoms with E-state index in [1.54, 1.807) is 0 Å². The topological polar surface area (TPSA) is 89.8 Å². The molecular weight excluding hydrogens is 715 g/mol. The standard InChI is InChI=1S/C53H107NO4/c1-3-5-7-9-11-13-15-17-19-20-21-22-23-24-25-26-27-28-29-30-31-32-33-34-36-38-40-42-44-46-48-52(57)53(58)54-50(49-55)51(56)47-45-43-41-39-37-35-18-16-14-12-10-8-6-4-2/h50-52,55-57H,3-49H2,1-2H3,(H,54,58). The molecule has 0 aliphatic heterocycles. The summed E-state index contributed by atoms with van der Waals surface area (Å²) in [4.78, 5) is 12.5. The minimum Gasteiger partial charge on any atom is -0.394 e. The summed E-state index contributed by atoms with van der Waals surface area (Å²) in [6.45, 7) is 4.26. The highest BCUT2D eigenvalue weighted by Gasteiger charge is 2.23. The van der Waals surface area contributed by atoms with E-state index >= 15 is 0 Å². The third-order valence-corrected chi connectivity index (χ3v) is 13.0. The highest BCUT2D eigenvalue weighted by atomic mass is 16.3. The van der Waals surface area contributed by atoms with Gasteiger partial charge in [-0.05, 0) is 12.8 Å². The van der Waals surface area contributed by atoms with Crippen LogP contribution in [0.4, 0.5) is 0 Å². The number of aliphatic hydroxyl groups is 3. The summed E-state index contributed by atoms with van der Waals surface area (Å²) >= 11 is 0. The van der Waals surface area contributed by atoms with Crippen molar-refractivity contribution < 1.29 is 20.1 Å². The summed E-state index contributed by atoms with van der Waals surface area (Å²) in [7, 11) is 0. The van der Waals surface area contributed by atoms with E-state index in [4.69, 9.17) is 0 Å². The molecular formula is C53H107NO4. The van der Waals surface area contributed by atoms with E-state index < -0.39 is 24.2 Å². The second-order valence-electron chi connectivity index (χ2n) is 18.8. The van der Waals surface area contributed by atoms with Gasteiger partial charge in [0.05, 0.1) is 18.8 Å². The van der Waals surface area contributed by atoms with Crippen molar-refractivity contribution in [1.82, 2.24) is 5.32 Å². The number of hydrogen-bond acceptors (Lipinski definition) is 4. The van der Waals surface area contributed by atoms with Crippen LogP contribution in [-0.4, -0.2) is 46.1 Å². The number of unbranched alkanes of at least 4 members (excludes halogenated alkanes) is 42. The molecule has 0 saturated carbocycles. The number of carbonyl (C=O) groups excluding carboxylic acids is 1. The Kier molecular flexibility index (Phi) is 48.5. The number of amides is 1. The molecule has 4 N–H and O–H groups in total. The third-order valence-electron chi connectivity index (χ3n) is 13.0. The lowest BCUT2D eigenvalue weighted by molar-refractivity contribution is -0.131. The molecule has 5 heteroatoms. The Balaban J connectivity index is 3.45. The zero-order chi connectivity index (χ0) is 42.3. The largest absolute Gasteiger partial charge is 0.394 e. The molecule has 0 aromatic carbocycles. The van der Waals surface area contributed by atoms with Crippen molar-refractivity contribution in [3.8, 4) is 0 Å². The van der Waals surface area contributed by atoms with Crippen LogP contribution < -0.4 is 5.32 Å². The highest BCUT2D eigenvalue weighted by molar-refractivity contribution is 5.80. The first-order valence-corrected chi connectivity index (χ1v) is 26.8. The second-order valence-corrected chi connectivity index (χ2v) is 18.8. The van der Waals surface area contributed by atoms with Gasteiger partial charge in [0, 0.05) is 0 Å². The minimum absolute atomic E-state index is 0.308. The summed E-state index contributed by atoms with van der Waals surface area (Å²) in [5, 5.41) is 33.4. The second kappa shape index (κ2) is 49.0. The van der Waals surface area contributed by atoms with Crippen LogP contribution in [0.15, 0.2) is 0 Å². The summed E-state index contributed by atoms with van der Waals surface area (Å²) in [5.41, 5.74) is 0. The molecule has 0 aliphatic carbocycles. The molecule has 0 saturated heterocycles. The maximum absolute atomic E-state index is 12.5. The smallest absolute Gasteiger partial charge is 0.249 e. The van der Waals surface area contributed by atoms with Gasteiger partial charge in [0.15, 0.2) is 0 Å². The number of carbonyl (C=O) groups is 1. The summed E-state index contributed by atoms with van der Waals surface area (Å²) < 4.78 is 0. The molecule has 348 valence electrons. The average molecular weight is 822 g/mol. The van der Waals surface area contributed by atoms with E-state index in [0.29, 0.717) is 12.8 Å². The van der Waals surface area contributed by atoms with E-state index in [0.717, 1.165) is 32.1 Å². The monoisotopic (exact) mass is 822 g/mol. The first-order valence-electron chi connectivity index (χ1n) is 26.8. The van der Waals surface area contributed by atoms with Crippen LogP contribution >= 0.6 is 0 Å². The van der Waals surface area contributed by atoms with Crippen molar-refractivity contribution in [1.29, 1.82) is 0 Å². The number of rotatable bonds is 50. The molecule has 5 nitrogen and oxygen atoms in total. The van der Waals surface area contributed by atoms with Gasteiger partial charge < -0.3 is 20.6 Å². The van der Waals surface area contributed by atoms with Crippen LogP contribution in [0.1, 0.15) is 309 Å². The fourth-order valence-corrected chi connectivity index (χ4v) is 8.78. The lowest BCUT2D eigenvalue weighted by Crippen LogP contribution is -2.49. The summed E-state index contributed by atoms with van der Waals surface area (Å²) in [6, 6.07) is -0.706. The Morgan fingerprint density at radius 1 is 0.345 bits per heavy atom. The quantitative estimate of drug-likeness (QED) is 0.0460. The molecule has 0 spiro atoms. The van der Waals surface area contributed by atoms with Gasteiger partial charge in [-0.25, -0.2) is 0 Å². The van der Waals surface area contributed by atoms with Crippen LogP contribution in [0.2, 0.25) is 0 Å². The molecule has 0 radical (unpaired) electrons. The van der Waals surface area contributed by atoms with Gasteiger partial charge in [0.2, 0.25) is 5.91 Å². The zero-order valence-electron chi connectivity index (χ0n) is 39.7. The van der Waals surface area contributed by atoms with E-state index in [9.17, 15) is 20.1 Å². The molecule has 58 heavy (non-hydrogen) atoms. The van der Waals surface area contributed by atoms with Gasteiger partial charge in [-0.15, -0.1) is 0 Å². The molecule has 0 rings (SSSR count). The third kappa shape index (κ3) is 43.4. The van der Waals surface area contributed by atoms with E-state index in [1.165, 1.54) is 250 Å². The Labute approximate surface area is 364 Å². The number of hydrogen-bond donors (Lipinski definition) is 4. The van der Waals surface area contributed by atoms with E-state index in [2.05, 4.69) is 19.2 Å². The zero-order valence-corrected chi connectivity index (χ0v) is 39.7. The fourth-order valence-electron chi connectivity index (χ4n) is 8.78. The van der Waals surface area contributed by atoms with Crippen molar-refractivity contribution in [3.05, 3.63) is 0 Å². The lowest BCUT2D eigenvalue weighted by Gasteiger charge is -2.23. The molecule has 3 unspecified atom stereocenters. The van der Waals surface area contributed by atoms with Gasteiger partial charge in [-0.2, -0.15) is 0 Å². The van der Waals surface area contributed by atoms with Crippen LogP contribution in [-0.2, 0) is 4.79 Å². The Hall–Kier alpha value is -0.650. The fraction of sp³-hybridized carbons (Fsp3) is 0.981. The Morgan fingerprint density at radius 2 is 0.552 bits per heavy atom. The molecule has 0 bridgehead atoms. The van der Waals surface area contributed by atoms with Gasteiger partial charge in [0.1, 0.15) is 6.10 Å². The van der Waals surface area contributed by atoms with Crippen molar-refractivity contribution in [2.75, 3.05) is 6.61 Å². The van der Waals surface area contributed by atoms with E-state index in [1.807, 2.05) is 0 Å². The maximum atomic E-state index is 12.5. The number of nitrogens with one attached hydrogen (secondary N) is 1. The highest BCUT2D eigenvalue weighted by Crippen LogP contribution is 2.18. The van der Waals surface area contributed by atoms with Crippen LogP contribution in [0.3, 0.4) is 0 Å². The summed E-state index contributed by atoms with van der Waals surface area (Å²) in [6.07, 6.45) is 58.6. The SMILES string of the molecule is CCCCCCCCCCCCCCCCCCCCCCCCCCCCCCCCC(O)C(=O)NC(CO)C(O)CCCCCCCCCCCCCCCC. The van der Waals surface area contributed by atoms with Crippen molar-refractivity contribution in [3.63, 3.8) is 0 Å². The van der Waals surface area contributed by atoms with Crippen molar-refractivity contribution in [2.24, 2.45) is 0 Å². The van der Waals surface area contributed by atoms with Crippen molar-refractivity contribution >= 4 is 5.91 Å². The molecule has 3 atom stereocenters. The lowest BCUT2D eigenvalue weighted by atomic mass is 10.0.